The van der Waals surface area contributed by atoms with Crippen LogP contribution in [0.5, 0.6) is 5.75 Å². The quantitative estimate of drug-likeness (QED) is 0.848. The summed E-state index contributed by atoms with van der Waals surface area (Å²) in [6.45, 7) is 5.34. The fourth-order valence-electron chi connectivity index (χ4n) is 2.46. The standard InChI is InChI=1S/C14H22N2O/c1-4-14(6-5-7-14)10-16-12-8-11(2)15-9-13(12)17-3/h8-9H,4-7,10H2,1-3H3,(H,15,16). The second kappa shape index (κ2) is 4.94. The van der Waals surface area contributed by atoms with Crippen molar-refractivity contribution in [1.82, 2.24) is 4.98 Å². The molecule has 3 heteroatoms. The van der Waals surface area contributed by atoms with Crippen molar-refractivity contribution in [3.8, 4) is 5.75 Å². The molecule has 2 rings (SSSR count). The zero-order valence-electron chi connectivity index (χ0n) is 11.0. The topological polar surface area (TPSA) is 34.2 Å². The minimum atomic E-state index is 0.516. The Labute approximate surface area is 104 Å². The van der Waals surface area contributed by atoms with Crippen LogP contribution in [0.2, 0.25) is 0 Å². The number of hydrogen-bond acceptors (Lipinski definition) is 3. The van der Waals surface area contributed by atoms with Gasteiger partial charge in [0.25, 0.3) is 0 Å². The Hall–Kier alpha value is -1.25. The van der Waals surface area contributed by atoms with E-state index in [4.69, 9.17) is 4.74 Å². The Morgan fingerprint density at radius 2 is 2.24 bits per heavy atom. The molecule has 0 aliphatic heterocycles. The van der Waals surface area contributed by atoms with E-state index in [1.807, 2.05) is 6.92 Å². The van der Waals surface area contributed by atoms with Gasteiger partial charge in [0, 0.05) is 12.2 Å². The Kier molecular flexibility index (Phi) is 3.55. The predicted octanol–water partition coefficient (Wildman–Crippen LogP) is 3.39. The SMILES string of the molecule is CCC1(CNc2cc(C)ncc2OC)CCC1. The van der Waals surface area contributed by atoms with Crippen molar-refractivity contribution in [1.29, 1.82) is 0 Å². The lowest BCUT2D eigenvalue weighted by Crippen LogP contribution is -2.35. The fraction of sp³-hybridized carbons (Fsp3) is 0.643. The van der Waals surface area contributed by atoms with Crippen LogP contribution in [0.1, 0.15) is 38.3 Å². The molecular formula is C14H22N2O. The molecule has 1 fully saturated rings. The molecule has 0 spiro atoms. The Bertz CT molecular complexity index is 380. The van der Waals surface area contributed by atoms with Gasteiger partial charge in [0.1, 0.15) is 0 Å². The van der Waals surface area contributed by atoms with Crippen molar-refractivity contribution in [3.63, 3.8) is 0 Å². The van der Waals surface area contributed by atoms with Gasteiger partial charge in [-0.3, -0.25) is 4.98 Å². The van der Waals surface area contributed by atoms with E-state index in [-0.39, 0.29) is 0 Å². The molecule has 0 amide bonds. The molecule has 0 saturated heterocycles. The van der Waals surface area contributed by atoms with Crippen molar-refractivity contribution in [2.75, 3.05) is 19.0 Å². The summed E-state index contributed by atoms with van der Waals surface area (Å²) in [5.41, 5.74) is 2.61. The predicted molar refractivity (Wildman–Crippen MR) is 70.6 cm³/mol. The molecule has 1 heterocycles. The fourth-order valence-corrected chi connectivity index (χ4v) is 2.46. The van der Waals surface area contributed by atoms with E-state index < -0.39 is 0 Å². The van der Waals surface area contributed by atoms with Crippen LogP contribution in [0.3, 0.4) is 0 Å². The molecule has 0 bridgehead atoms. The van der Waals surface area contributed by atoms with Gasteiger partial charge in [-0.2, -0.15) is 0 Å². The number of methoxy groups -OCH3 is 1. The van der Waals surface area contributed by atoms with Crippen LogP contribution in [0, 0.1) is 12.3 Å². The summed E-state index contributed by atoms with van der Waals surface area (Å²) in [5.74, 6) is 0.834. The van der Waals surface area contributed by atoms with Gasteiger partial charge in [0.05, 0.1) is 19.0 Å². The molecule has 1 saturated carbocycles. The maximum absolute atomic E-state index is 5.33. The number of aromatic nitrogens is 1. The van der Waals surface area contributed by atoms with Gasteiger partial charge in [-0.25, -0.2) is 0 Å². The lowest BCUT2D eigenvalue weighted by Gasteiger charge is -2.41. The summed E-state index contributed by atoms with van der Waals surface area (Å²) in [6, 6.07) is 2.06. The zero-order chi connectivity index (χ0) is 12.3. The lowest BCUT2D eigenvalue weighted by molar-refractivity contribution is 0.145. The summed E-state index contributed by atoms with van der Waals surface area (Å²) in [7, 11) is 1.69. The summed E-state index contributed by atoms with van der Waals surface area (Å²) in [6.07, 6.45) is 7.12. The van der Waals surface area contributed by atoms with Crippen molar-refractivity contribution < 1.29 is 4.74 Å². The molecule has 1 aromatic heterocycles. The van der Waals surface area contributed by atoms with Gasteiger partial charge in [-0.1, -0.05) is 13.3 Å². The molecular weight excluding hydrogens is 212 g/mol. The van der Waals surface area contributed by atoms with E-state index in [2.05, 4.69) is 23.3 Å². The third kappa shape index (κ3) is 2.54. The highest BCUT2D eigenvalue weighted by Crippen LogP contribution is 2.44. The first-order chi connectivity index (χ1) is 8.19. The molecule has 17 heavy (non-hydrogen) atoms. The Morgan fingerprint density at radius 3 is 2.76 bits per heavy atom. The third-order valence-corrected chi connectivity index (χ3v) is 4.04. The summed E-state index contributed by atoms with van der Waals surface area (Å²) >= 11 is 0. The number of pyridine rings is 1. The molecule has 1 N–H and O–H groups in total. The molecule has 3 nitrogen and oxygen atoms in total. The average Bonchev–Trinajstić information content (AvgIpc) is 2.28. The van der Waals surface area contributed by atoms with Crippen molar-refractivity contribution in [3.05, 3.63) is 18.0 Å². The first-order valence-corrected chi connectivity index (χ1v) is 6.44. The van der Waals surface area contributed by atoms with Gasteiger partial charge in [-0.05, 0) is 37.7 Å². The summed E-state index contributed by atoms with van der Waals surface area (Å²) in [5, 5.41) is 3.53. The number of anilines is 1. The monoisotopic (exact) mass is 234 g/mol. The van der Waals surface area contributed by atoms with Crippen LogP contribution in [-0.4, -0.2) is 18.6 Å². The molecule has 0 aromatic carbocycles. The third-order valence-electron chi connectivity index (χ3n) is 4.04. The average molecular weight is 234 g/mol. The maximum atomic E-state index is 5.33. The number of hydrogen-bond donors (Lipinski definition) is 1. The molecule has 94 valence electrons. The van der Waals surface area contributed by atoms with Crippen molar-refractivity contribution in [2.24, 2.45) is 5.41 Å². The van der Waals surface area contributed by atoms with E-state index in [1.165, 1.54) is 25.7 Å². The Morgan fingerprint density at radius 1 is 1.47 bits per heavy atom. The number of aryl methyl sites for hydroxylation is 1. The highest BCUT2D eigenvalue weighted by atomic mass is 16.5. The normalized spacial score (nSPS) is 17.4. The van der Waals surface area contributed by atoms with Crippen molar-refractivity contribution in [2.45, 2.75) is 39.5 Å². The van der Waals surface area contributed by atoms with E-state index >= 15 is 0 Å². The van der Waals surface area contributed by atoms with Crippen LogP contribution in [0.25, 0.3) is 0 Å². The maximum Gasteiger partial charge on any atom is 0.160 e. The molecule has 1 aliphatic rings. The van der Waals surface area contributed by atoms with Gasteiger partial charge >= 0.3 is 0 Å². The number of nitrogens with zero attached hydrogens (tertiary/aromatic N) is 1. The van der Waals surface area contributed by atoms with Crippen molar-refractivity contribution >= 4 is 5.69 Å². The Balaban J connectivity index is 2.05. The highest BCUT2D eigenvalue weighted by molar-refractivity contribution is 5.56. The van der Waals surface area contributed by atoms with Crippen LogP contribution < -0.4 is 10.1 Å². The first kappa shape index (κ1) is 12.2. The molecule has 0 radical (unpaired) electrons. The number of rotatable bonds is 5. The summed E-state index contributed by atoms with van der Waals surface area (Å²) < 4.78 is 5.33. The van der Waals surface area contributed by atoms with E-state index in [1.54, 1.807) is 13.3 Å². The largest absolute Gasteiger partial charge is 0.493 e. The minimum Gasteiger partial charge on any atom is -0.493 e. The molecule has 1 aliphatic carbocycles. The van der Waals surface area contributed by atoms with Gasteiger partial charge in [-0.15, -0.1) is 0 Å². The summed E-state index contributed by atoms with van der Waals surface area (Å²) in [4.78, 5) is 4.24. The molecule has 1 aromatic rings. The lowest BCUT2D eigenvalue weighted by atomic mass is 9.67. The van der Waals surface area contributed by atoms with Crippen LogP contribution in [0.15, 0.2) is 12.3 Å². The van der Waals surface area contributed by atoms with Crippen LogP contribution in [-0.2, 0) is 0 Å². The zero-order valence-corrected chi connectivity index (χ0v) is 11.0. The van der Waals surface area contributed by atoms with Crippen LogP contribution in [0.4, 0.5) is 5.69 Å². The van der Waals surface area contributed by atoms with Gasteiger partial charge in [0.2, 0.25) is 0 Å². The minimum absolute atomic E-state index is 0.516. The molecule has 0 atom stereocenters. The van der Waals surface area contributed by atoms with E-state index in [9.17, 15) is 0 Å². The van der Waals surface area contributed by atoms with Crippen LogP contribution >= 0.6 is 0 Å². The number of nitrogens with one attached hydrogen (secondary N) is 1. The number of ether oxygens (including phenoxy) is 1. The molecule has 0 unspecified atom stereocenters. The van der Waals surface area contributed by atoms with E-state index in [0.29, 0.717) is 5.41 Å². The smallest absolute Gasteiger partial charge is 0.160 e. The second-order valence-corrected chi connectivity index (χ2v) is 5.09. The first-order valence-electron chi connectivity index (χ1n) is 6.44. The highest BCUT2D eigenvalue weighted by Gasteiger charge is 2.34. The van der Waals surface area contributed by atoms with Gasteiger partial charge < -0.3 is 10.1 Å². The van der Waals surface area contributed by atoms with Gasteiger partial charge in [0.15, 0.2) is 5.75 Å². The van der Waals surface area contributed by atoms with E-state index in [0.717, 1.165) is 23.7 Å². The second-order valence-electron chi connectivity index (χ2n) is 5.09.